The van der Waals surface area contributed by atoms with E-state index in [0.717, 1.165) is 38.5 Å². The van der Waals surface area contributed by atoms with E-state index in [2.05, 4.69) is 24.5 Å². The molecule has 1 spiro atoms. The van der Waals surface area contributed by atoms with E-state index in [1.807, 2.05) is 0 Å². The summed E-state index contributed by atoms with van der Waals surface area (Å²) in [7, 11) is 0. The van der Waals surface area contributed by atoms with E-state index < -0.39 is 56.0 Å². The fraction of sp³-hybridized carbons (Fsp3) is 0.870. The molecule has 0 saturated carbocycles. The van der Waals surface area contributed by atoms with Crippen LogP contribution in [-0.4, -0.2) is 67.8 Å². The monoisotopic (exact) mass is 942 g/mol. The minimum atomic E-state index is -5.97. The molecule has 12 nitrogen and oxygen atoms in total. The summed E-state index contributed by atoms with van der Waals surface area (Å²) < 4.78 is 21.5. The summed E-state index contributed by atoms with van der Waals surface area (Å²) in [4.78, 5) is 77.6. The fourth-order valence-corrected chi connectivity index (χ4v) is 12.9. The zero-order valence-electron chi connectivity index (χ0n) is 37.2. The number of hydrogen-bond acceptors (Lipinski definition) is 10. The normalized spacial score (nSPS) is 19.8. The van der Waals surface area contributed by atoms with Crippen molar-refractivity contribution in [1.82, 2.24) is 10.6 Å². The molecule has 0 aliphatic carbocycles. The van der Waals surface area contributed by atoms with Crippen LogP contribution in [-0.2, 0) is 41.1 Å². The Morgan fingerprint density at radius 2 is 0.678 bits per heavy atom. The Hall–Kier alpha value is -2.38. The molecule has 3 atom stereocenters. The molecule has 0 aromatic carbocycles. The van der Waals surface area contributed by atoms with Gasteiger partial charge in [0.1, 0.15) is 0 Å². The van der Waals surface area contributed by atoms with Gasteiger partial charge in [0.2, 0.25) is 0 Å². The topological polar surface area (TPSA) is 163 Å². The quantitative estimate of drug-likeness (QED) is 0.0469. The summed E-state index contributed by atoms with van der Waals surface area (Å²) in [5, 5.41) is 5.28. The van der Waals surface area contributed by atoms with Crippen LogP contribution in [0.25, 0.3) is 0 Å². The van der Waals surface area contributed by atoms with Gasteiger partial charge in [0.15, 0.2) is 0 Å². The van der Waals surface area contributed by atoms with E-state index in [0.29, 0.717) is 12.8 Å². The van der Waals surface area contributed by atoms with E-state index in [-0.39, 0.29) is 50.3 Å². The van der Waals surface area contributed by atoms with Gasteiger partial charge in [-0.1, -0.05) is 129 Å². The van der Waals surface area contributed by atoms with Crippen molar-refractivity contribution in [2.45, 2.75) is 257 Å². The molecule has 2 saturated heterocycles. The van der Waals surface area contributed by atoms with Gasteiger partial charge in [-0.05, 0) is 0 Å². The molecule has 59 heavy (non-hydrogen) atoms. The molecule has 1 unspecified atom stereocenters. The zero-order valence-corrected chi connectivity index (χ0v) is 40.0. The number of unbranched alkanes of at least 4 members (excludes halogenated alkanes) is 28. The van der Waals surface area contributed by atoms with Gasteiger partial charge in [-0.3, -0.25) is 0 Å². The third kappa shape index (κ3) is 26.5. The van der Waals surface area contributed by atoms with Crippen LogP contribution < -0.4 is 10.6 Å². The molecule has 0 radical (unpaired) electrons. The van der Waals surface area contributed by atoms with Gasteiger partial charge in [-0.2, -0.15) is 0 Å². The van der Waals surface area contributed by atoms with Crippen molar-refractivity contribution in [3.8, 4) is 0 Å². The summed E-state index contributed by atoms with van der Waals surface area (Å²) in [5.41, 5.74) is 0. The van der Waals surface area contributed by atoms with Crippen LogP contribution in [0.3, 0.4) is 0 Å². The van der Waals surface area contributed by atoms with E-state index in [1.54, 1.807) is 0 Å². The summed E-state index contributed by atoms with van der Waals surface area (Å²) >= 11 is -5.97. The molecule has 2 rings (SSSR count). The Morgan fingerprint density at radius 1 is 0.424 bits per heavy atom. The summed E-state index contributed by atoms with van der Waals surface area (Å²) in [6, 6.07) is -2.40. The molecule has 0 aromatic rings. The van der Waals surface area contributed by atoms with Gasteiger partial charge in [-0.15, -0.1) is 0 Å². The second kappa shape index (κ2) is 34.2. The minimum absolute atomic E-state index is 0.0793. The van der Waals surface area contributed by atoms with Crippen LogP contribution in [0.4, 0.5) is 0 Å². The number of amides is 2. The van der Waals surface area contributed by atoms with E-state index in [4.69, 9.17) is 12.3 Å². The van der Waals surface area contributed by atoms with Crippen molar-refractivity contribution in [3.63, 3.8) is 0 Å². The van der Waals surface area contributed by atoms with Crippen molar-refractivity contribution in [1.29, 1.82) is 0 Å². The molecule has 0 bridgehead atoms. The zero-order chi connectivity index (χ0) is 42.8. The summed E-state index contributed by atoms with van der Waals surface area (Å²) in [6.07, 6.45) is 36.1. The van der Waals surface area contributed by atoms with Gasteiger partial charge < -0.3 is 0 Å². The second-order valence-electron chi connectivity index (χ2n) is 17.0. The maximum atomic E-state index is 13.3. The second-order valence-corrected chi connectivity index (χ2v) is 22.2. The Balaban J connectivity index is 1.66. The average molecular weight is 942 g/mol. The molecule has 2 fully saturated rings. The third-order valence-electron chi connectivity index (χ3n) is 11.5. The molecule has 2 amide bonds. The van der Waals surface area contributed by atoms with Crippen LogP contribution in [0.15, 0.2) is 0 Å². The first-order chi connectivity index (χ1) is 28.7. The molecule has 0 aromatic heterocycles. The average Bonchev–Trinajstić information content (AvgIpc) is 3.20. The molecular weight excluding hydrogens is 859 g/mol. The van der Waals surface area contributed by atoms with Crippen molar-refractivity contribution < 1.29 is 41.1 Å². The van der Waals surface area contributed by atoms with Crippen molar-refractivity contribution >= 4 is 55.7 Å². The van der Waals surface area contributed by atoms with Gasteiger partial charge in [0.25, 0.3) is 0 Å². The van der Waals surface area contributed by atoms with Gasteiger partial charge in [0, 0.05) is 0 Å². The molecule has 2 aliphatic heterocycles. The Kier molecular flexibility index (Phi) is 30.6. The number of rotatable bonds is 34. The predicted octanol–water partition coefficient (Wildman–Crippen LogP) is 10.7. The number of nitrogens with one attached hydrogen (secondary N) is 2. The van der Waals surface area contributed by atoms with Gasteiger partial charge in [0.05, 0.1) is 0 Å². The first-order valence-electron chi connectivity index (χ1n) is 24.2. The van der Waals surface area contributed by atoms with Crippen LogP contribution in [0.5, 0.6) is 0 Å². The molecule has 13 heteroatoms. The van der Waals surface area contributed by atoms with Crippen molar-refractivity contribution in [2.24, 2.45) is 0 Å². The number of carbonyl (C=O) groups is 6. The Labute approximate surface area is 362 Å². The first-order valence-corrected chi connectivity index (χ1v) is 28.8. The summed E-state index contributed by atoms with van der Waals surface area (Å²) in [5.74, 6) is -4.44. The molecule has 2 N–H and O–H groups in total. The van der Waals surface area contributed by atoms with Crippen LogP contribution in [0, 0.1) is 0 Å². The fourth-order valence-electron chi connectivity index (χ4n) is 7.76. The van der Waals surface area contributed by atoms with Crippen molar-refractivity contribution in [2.75, 3.05) is 0 Å². The maximum absolute atomic E-state index is 13.3. The Bertz CT molecular complexity index is 1110. The van der Waals surface area contributed by atoms with Crippen LogP contribution in [0.2, 0.25) is 0 Å². The molecule has 2 aliphatic rings. The van der Waals surface area contributed by atoms with Crippen LogP contribution >= 0.6 is 0 Å². The van der Waals surface area contributed by atoms with E-state index in [1.165, 1.54) is 141 Å². The van der Waals surface area contributed by atoms with E-state index in [9.17, 15) is 28.8 Å². The predicted molar refractivity (Wildman–Crippen MR) is 232 cm³/mol. The molecule has 340 valence electrons. The van der Waals surface area contributed by atoms with Gasteiger partial charge >= 0.3 is 235 Å². The van der Waals surface area contributed by atoms with Crippen molar-refractivity contribution in [3.05, 3.63) is 0 Å². The number of carbonyl (C=O) groups excluding carboxylic acids is 6. The Morgan fingerprint density at radius 3 is 0.949 bits per heavy atom. The van der Waals surface area contributed by atoms with E-state index >= 15 is 0 Å². The van der Waals surface area contributed by atoms with Gasteiger partial charge in [-0.25, -0.2) is 0 Å². The summed E-state index contributed by atoms with van der Waals surface area (Å²) in [6.45, 7) is 4.49. The first kappa shape index (κ1) is 52.8. The molecule has 2 heterocycles. The SMILES string of the molecule is CCCCCCCCCCCCCCCCCC(=O)N[C@H]1CCC(=O)[O][Sn]2([O]C(=O)CC[C@@H](NC(=O)CCCCCCCCCCCCCCCCC)C(=O)[O]2)[O]C1=O. The third-order valence-corrected chi connectivity index (χ3v) is 16.8. The molecular formula is C46H82N2O10Sn. The number of hydrogen-bond donors (Lipinski definition) is 2. The van der Waals surface area contributed by atoms with Crippen LogP contribution in [0.1, 0.15) is 245 Å². The standard InChI is InChI=1S/2C23H43NO5.Sn/c2*1-2-3-4-5-6-7-8-9-10-11-12-13-14-15-16-17-21(25)24-20(23(28)29)18-19-22(26)27;/h2*20H,2-19H2,1H3,(H,24,25)(H,26,27)(H,28,29);/q;;+4/p-4/t2*20-;/m10./s1.